The lowest BCUT2D eigenvalue weighted by molar-refractivity contribution is -0.134. The van der Waals surface area contributed by atoms with Crippen molar-refractivity contribution >= 4 is 18.3 Å². The number of amides is 1. The van der Waals surface area contributed by atoms with Crippen LogP contribution in [0.3, 0.4) is 0 Å². The molecule has 3 nitrogen and oxygen atoms in total. The number of likely N-dealkylation sites (tertiary alicyclic amines) is 1. The normalized spacial score (nSPS) is 29.3. The molecule has 2 aliphatic heterocycles. The minimum atomic E-state index is 0. The second kappa shape index (κ2) is 8.00. The van der Waals surface area contributed by atoms with E-state index in [0.29, 0.717) is 5.91 Å². The fourth-order valence-corrected chi connectivity index (χ4v) is 3.08. The van der Waals surface area contributed by atoms with Crippen molar-refractivity contribution in [1.82, 2.24) is 10.2 Å². The summed E-state index contributed by atoms with van der Waals surface area (Å²) < 4.78 is 0. The molecule has 0 bridgehead atoms. The number of nitrogens with zero attached hydrogens (tertiary/aromatic N) is 1. The first-order chi connectivity index (χ1) is 8.31. The summed E-state index contributed by atoms with van der Waals surface area (Å²) in [6.45, 7) is 5.25. The predicted molar refractivity (Wildman–Crippen MR) is 77.1 cm³/mol. The van der Waals surface area contributed by atoms with Crippen LogP contribution in [0, 0.1) is 5.92 Å². The Kier molecular flexibility index (Phi) is 7.02. The van der Waals surface area contributed by atoms with Crippen LogP contribution in [0.25, 0.3) is 0 Å². The van der Waals surface area contributed by atoms with Crippen molar-refractivity contribution in [2.75, 3.05) is 19.6 Å². The zero-order valence-corrected chi connectivity index (χ0v) is 12.3. The lowest BCUT2D eigenvalue weighted by atomic mass is 9.98. The van der Waals surface area contributed by atoms with Crippen LogP contribution in [0.5, 0.6) is 0 Å². The molecular weight excluding hydrogens is 248 g/mol. The molecule has 2 aliphatic rings. The van der Waals surface area contributed by atoms with Crippen LogP contribution in [0.2, 0.25) is 0 Å². The highest BCUT2D eigenvalue weighted by molar-refractivity contribution is 5.85. The minimum Gasteiger partial charge on any atom is -0.341 e. The molecular formula is C14H27ClN2O. The summed E-state index contributed by atoms with van der Waals surface area (Å²) >= 11 is 0. The highest BCUT2D eigenvalue weighted by Gasteiger charge is 2.27. The Bertz CT molecular complexity index is 254. The molecule has 0 radical (unpaired) electrons. The van der Waals surface area contributed by atoms with E-state index in [9.17, 15) is 4.79 Å². The summed E-state index contributed by atoms with van der Waals surface area (Å²) in [7, 11) is 0. The van der Waals surface area contributed by atoms with E-state index in [1.165, 1.54) is 38.5 Å². The fraction of sp³-hybridized carbons (Fsp3) is 0.929. The smallest absolute Gasteiger partial charge is 0.239 e. The van der Waals surface area contributed by atoms with Crippen LogP contribution in [0.4, 0.5) is 0 Å². The van der Waals surface area contributed by atoms with E-state index in [2.05, 4.69) is 17.1 Å². The summed E-state index contributed by atoms with van der Waals surface area (Å²) in [5.74, 6) is 1.20. The van der Waals surface area contributed by atoms with Gasteiger partial charge in [-0.05, 0) is 44.6 Å². The first-order valence-electron chi connectivity index (χ1n) is 7.33. The van der Waals surface area contributed by atoms with Gasteiger partial charge < -0.3 is 10.2 Å². The largest absolute Gasteiger partial charge is 0.341 e. The van der Waals surface area contributed by atoms with E-state index in [4.69, 9.17) is 0 Å². The van der Waals surface area contributed by atoms with Gasteiger partial charge in [-0.1, -0.05) is 19.8 Å². The van der Waals surface area contributed by atoms with Crippen LogP contribution in [-0.4, -0.2) is 36.5 Å². The van der Waals surface area contributed by atoms with Crippen molar-refractivity contribution < 1.29 is 4.79 Å². The van der Waals surface area contributed by atoms with Crippen molar-refractivity contribution in [3.8, 4) is 0 Å². The van der Waals surface area contributed by atoms with Crippen LogP contribution in [0.1, 0.15) is 51.9 Å². The third-order valence-electron chi connectivity index (χ3n) is 4.35. The topological polar surface area (TPSA) is 32.3 Å². The number of rotatable bonds is 2. The average Bonchev–Trinajstić information content (AvgIpc) is 2.64. The van der Waals surface area contributed by atoms with Crippen LogP contribution >= 0.6 is 12.4 Å². The Morgan fingerprint density at radius 2 is 2.00 bits per heavy atom. The van der Waals surface area contributed by atoms with Gasteiger partial charge in [0.25, 0.3) is 0 Å². The second-order valence-corrected chi connectivity index (χ2v) is 5.53. The molecule has 2 fully saturated rings. The van der Waals surface area contributed by atoms with Crippen LogP contribution < -0.4 is 5.32 Å². The third kappa shape index (κ3) is 4.13. The molecule has 1 N–H and O–H groups in total. The predicted octanol–water partition coefficient (Wildman–Crippen LogP) is 2.59. The number of hydrogen-bond acceptors (Lipinski definition) is 2. The van der Waals surface area contributed by atoms with Crippen molar-refractivity contribution in [1.29, 1.82) is 0 Å². The van der Waals surface area contributed by atoms with Crippen LogP contribution in [0.15, 0.2) is 0 Å². The standard InChI is InChI=1S/C14H26N2O.ClH/c1-2-12-6-5-10-16(11-8-12)14(17)13-7-3-4-9-15-13;/h12-13,15H,2-11H2,1H3;1H/t12?,13-;/m1./s1. The molecule has 2 saturated heterocycles. The maximum Gasteiger partial charge on any atom is 0.239 e. The number of piperidine rings is 1. The third-order valence-corrected chi connectivity index (χ3v) is 4.35. The Hall–Kier alpha value is -0.280. The molecule has 1 unspecified atom stereocenters. The molecule has 106 valence electrons. The molecule has 2 heterocycles. The van der Waals surface area contributed by atoms with Crippen molar-refractivity contribution in [2.45, 2.75) is 57.9 Å². The quantitative estimate of drug-likeness (QED) is 0.839. The van der Waals surface area contributed by atoms with Gasteiger partial charge in [0.2, 0.25) is 5.91 Å². The minimum absolute atomic E-state index is 0. The average molecular weight is 275 g/mol. The van der Waals surface area contributed by atoms with Gasteiger partial charge in [0.05, 0.1) is 6.04 Å². The molecule has 0 spiro atoms. The Morgan fingerprint density at radius 3 is 2.67 bits per heavy atom. The molecule has 0 aromatic carbocycles. The number of carbonyl (C=O) groups excluding carboxylic acids is 1. The van der Waals surface area contributed by atoms with Gasteiger partial charge in [-0.15, -0.1) is 12.4 Å². The molecule has 0 saturated carbocycles. The Labute approximate surface area is 117 Å². The molecule has 18 heavy (non-hydrogen) atoms. The summed E-state index contributed by atoms with van der Waals surface area (Å²) in [6.07, 6.45) is 8.43. The van der Waals surface area contributed by atoms with Gasteiger partial charge in [-0.3, -0.25) is 4.79 Å². The molecule has 2 atom stereocenters. The lowest BCUT2D eigenvalue weighted by Crippen LogP contribution is -2.48. The zero-order chi connectivity index (χ0) is 12.1. The summed E-state index contributed by atoms with van der Waals surface area (Å²) in [6, 6.07) is 0.113. The Morgan fingerprint density at radius 1 is 1.17 bits per heavy atom. The molecule has 0 aliphatic carbocycles. The van der Waals surface area contributed by atoms with Gasteiger partial charge in [0.15, 0.2) is 0 Å². The number of nitrogens with one attached hydrogen (secondary N) is 1. The highest BCUT2D eigenvalue weighted by atomic mass is 35.5. The summed E-state index contributed by atoms with van der Waals surface area (Å²) in [5, 5.41) is 3.37. The second-order valence-electron chi connectivity index (χ2n) is 5.53. The van der Waals surface area contributed by atoms with E-state index in [1.807, 2.05) is 0 Å². The van der Waals surface area contributed by atoms with Gasteiger partial charge in [-0.25, -0.2) is 0 Å². The molecule has 4 heteroatoms. The van der Waals surface area contributed by atoms with Crippen LogP contribution in [-0.2, 0) is 4.79 Å². The monoisotopic (exact) mass is 274 g/mol. The van der Waals surface area contributed by atoms with Gasteiger partial charge in [-0.2, -0.15) is 0 Å². The van der Waals surface area contributed by atoms with E-state index in [1.54, 1.807) is 0 Å². The van der Waals surface area contributed by atoms with E-state index in [-0.39, 0.29) is 18.4 Å². The molecule has 1 amide bonds. The molecule has 0 aromatic heterocycles. The Balaban J connectivity index is 0.00000162. The first kappa shape index (κ1) is 15.8. The van der Waals surface area contributed by atoms with E-state index >= 15 is 0 Å². The van der Waals surface area contributed by atoms with Crippen molar-refractivity contribution in [3.63, 3.8) is 0 Å². The molecule has 0 aromatic rings. The van der Waals surface area contributed by atoms with Crippen molar-refractivity contribution in [3.05, 3.63) is 0 Å². The first-order valence-corrected chi connectivity index (χ1v) is 7.33. The van der Waals surface area contributed by atoms with Gasteiger partial charge in [0, 0.05) is 13.1 Å². The van der Waals surface area contributed by atoms with Gasteiger partial charge in [0.1, 0.15) is 0 Å². The number of carbonyl (C=O) groups is 1. The van der Waals surface area contributed by atoms with E-state index in [0.717, 1.165) is 32.0 Å². The van der Waals surface area contributed by atoms with Crippen molar-refractivity contribution in [2.24, 2.45) is 5.92 Å². The SMILES string of the molecule is CCC1CCCN(C(=O)[C@H]2CCCCN2)CC1.Cl. The van der Waals surface area contributed by atoms with Gasteiger partial charge >= 0.3 is 0 Å². The summed E-state index contributed by atoms with van der Waals surface area (Å²) in [5.41, 5.74) is 0. The zero-order valence-electron chi connectivity index (χ0n) is 11.5. The molecule has 2 rings (SSSR count). The highest BCUT2D eigenvalue weighted by Crippen LogP contribution is 2.21. The lowest BCUT2D eigenvalue weighted by Gasteiger charge is -2.29. The maximum atomic E-state index is 12.4. The van der Waals surface area contributed by atoms with E-state index < -0.39 is 0 Å². The summed E-state index contributed by atoms with van der Waals surface area (Å²) in [4.78, 5) is 14.5. The fourth-order valence-electron chi connectivity index (χ4n) is 3.08. The number of hydrogen-bond donors (Lipinski definition) is 1. The maximum absolute atomic E-state index is 12.4. The number of halogens is 1.